The van der Waals surface area contributed by atoms with Crippen molar-refractivity contribution in [2.24, 2.45) is 0 Å². The van der Waals surface area contributed by atoms with Gasteiger partial charge in [0.1, 0.15) is 11.7 Å². The maximum atomic E-state index is 12.0. The zero-order valence-corrected chi connectivity index (χ0v) is 12.1. The summed E-state index contributed by atoms with van der Waals surface area (Å²) in [7, 11) is 0. The molecule has 0 saturated carbocycles. The number of nitrogen functional groups attached to an aromatic ring is 1. The van der Waals surface area contributed by atoms with Crippen molar-refractivity contribution in [2.45, 2.75) is 0 Å². The molecule has 0 saturated heterocycles. The second-order valence-corrected chi connectivity index (χ2v) is 5.16. The second kappa shape index (κ2) is 5.10. The molecule has 0 radical (unpaired) electrons. The van der Waals surface area contributed by atoms with Crippen LogP contribution in [0.25, 0.3) is 27.8 Å². The highest BCUT2D eigenvalue weighted by Crippen LogP contribution is 2.21. The van der Waals surface area contributed by atoms with E-state index >= 15 is 0 Å². The molecule has 6 heteroatoms. The molecule has 0 fully saturated rings. The minimum atomic E-state index is -0.317. The first-order valence-corrected chi connectivity index (χ1v) is 7.10. The standard InChI is InChI=1S/C17H13N5O/c18-21-11-19-16-15(17(21)23)10-20-22(16)14-8-6-13(7-9-14)12-4-2-1-3-5-12/h1-11H,18H2. The lowest BCUT2D eigenvalue weighted by atomic mass is 10.1. The molecule has 0 unspecified atom stereocenters. The van der Waals surface area contributed by atoms with Gasteiger partial charge in [0.25, 0.3) is 5.56 Å². The van der Waals surface area contributed by atoms with Gasteiger partial charge in [-0.2, -0.15) is 5.10 Å². The van der Waals surface area contributed by atoms with Gasteiger partial charge < -0.3 is 5.84 Å². The SMILES string of the molecule is Nn1cnc2c(cnn2-c2ccc(-c3ccccc3)cc2)c1=O. The molecule has 4 aromatic rings. The third kappa shape index (κ3) is 2.17. The van der Waals surface area contributed by atoms with E-state index in [9.17, 15) is 4.79 Å². The molecule has 2 N–H and O–H groups in total. The van der Waals surface area contributed by atoms with Crippen molar-refractivity contribution in [1.82, 2.24) is 19.4 Å². The Kier molecular flexibility index (Phi) is 2.94. The number of fused-ring (bicyclic) bond motifs is 1. The Morgan fingerprint density at radius 2 is 1.61 bits per heavy atom. The summed E-state index contributed by atoms with van der Waals surface area (Å²) in [6, 6.07) is 18.0. The van der Waals surface area contributed by atoms with Crippen molar-refractivity contribution >= 4 is 11.0 Å². The maximum absolute atomic E-state index is 12.0. The fourth-order valence-electron chi connectivity index (χ4n) is 2.54. The van der Waals surface area contributed by atoms with Gasteiger partial charge in [-0.15, -0.1) is 0 Å². The van der Waals surface area contributed by atoms with Crippen LogP contribution in [0.3, 0.4) is 0 Å². The van der Waals surface area contributed by atoms with Gasteiger partial charge >= 0.3 is 0 Å². The lowest BCUT2D eigenvalue weighted by molar-refractivity contribution is 0.874. The molecule has 2 aromatic carbocycles. The molecular weight excluding hydrogens is 290 g/mol. The van der Waals surface area contributed by atoms with Crippen LogP contribution in [-0.4, -0.2) is 19.4 Å². The topological polar surface area (TPSA) is 78.7 Å². The number of hydrogen-bond acceptors (Lipinski definition) is 4. The Balaban J connectivity index is 1.80. The van der Waals surface area contributed by atoms with Gasteiger partial charge in [-0.3, -0.25) is 4.79 Å². The Hall–Kier alpha value is -3.41. The van der Waals surface area contributed by atoms with Gasteiger partial charge in [0, 0.05) is 0 Å². The van der Waals surface area contributed by atoms with Crippen LogP contribution in [-0.2, 0) is 0 Å². The zero-order valence-electron chi connectivity index (χ0n) is 12.1. The van der Waals surface area contributed by atoms with Crippen LogP contribution in [0, 0.1) is 0 Å². The molecule has 6 nitrogen and oxygen atoms in total. The molecule has 0 amide bonds. The van der Waals surface area contributed by atoms with Crippen molar-refractivity contribution in [1.29, 1.82) is 0 Å². The van der Waals surface area contributed by atoms with Gasteiger partial charge in [-0.25, -0.2) is 14.3 Å². The van der Waals surface area contributed by atoms with Crippen molar-refractivity contribution in [3.8, 4) is 16.8 Å². The molecule has 0 spiro atoms. The minimum Gasteiger partial charge on any atom is -0.335 e. The molecule has 0 aliphatic carbocycles. The molecule has 112 valence electrons. The monoisotopic (exact) mass is 303 g/mol. The van der Waals surface area contributed by atoms with Crippen LogP contribution in [0.5, 0.6) is 0 Å². The van der Waals surface area contributed by atoms with Crippen molar-refractivity contribution in [3.63, 3.8) is 0 Å². The van der Waals surface area contributed by atoms with Crippen LogP contribution in [0.2, 0.25) is 0 Å². The van der Waals surface area contributed by atoms with E-state index in [0.29, 0.717) is 11.0 Å². The zero-order chi connectivity index (χ0) is 15.8. The van der Waals surface area contributed by atoms with Gasteiger partial charge in [0.2, 0.25) is 0 Å². The molecule has 0 bridgehead atoms. The van der Waals surface area contributed by atoms with Crippen molar-refractivity contribution < 1.29 is 0 Å². The summed E-state index contributed by atoms with van der Waals surface area (Å²) in [6.07, 6.45) is 2.78. The van der Waals surface area contributed by atoms with E-state index in [-0.39, 0.29) is 5.56 Å². The highest BCUT2D eigenvalue weighted by atomic mass is 16.1. The van der Waals surface area contributed by atoms with E-state index in [1.165, 1.54) is 12.5 Å². The summed E-state index contributed by atoms with van der Waals surface area (Å²) in [4.78, 5) is 16.2. The molecule has 0 aliphatic rings. The van der Waals surface area contributed by atoms with E-state index in [2.05, 4.69) is 22.2 Å². The van der Waals surface area contributed by atoms with E-state index in [1.807, 2.05) is 42.5 Å². The van der Waals surface area contributed by atoms with Gasteiger partial charge in [-0.05, 0) is 23.3 Å². The third-order valence-electron chi connectivity index (χ3n) is 3.73. The van der Waals surface area contributed by atoms with Gasteiger partial charge in [-0.1, -0.05) is 42.5 Å². The van der Waals surface area contributed by atoms with Gasteiger partial charge in [0.05, 0.1) is 11.9 Å². The molecule has 0 aliphatic heterocycles. The second-order valence-electron chi connectivity index (χ2n) is 5.16. The fourth-order valence-corrected chi connectivity index (χ4v) is 2.54. The Labute approximate surface area is 131 Å². The van der Waals surface area contributed by atoms with Crippen LogP contribution in [0.15, 0.2) is 71.9 Å². The van der Waals surface area contributed by atoms with Crippen molar-refractivity contribution in [2.75, 3.05) is 5.84 Å². The quantitative estimate of drug-likeness (QED) is 0.574. The Bertz CT molecular complexity index is 1030. The first-order chi connectivity index (χ1) is 11.2. The predicted molar refractivity (Wildman–Crippen MR) is 88.7 cm³/mol. The molecular formula is C17H13N5O. The predicted octanol–water partition coefficient (Wildman–Crippen LogP) is 1.96. The summed E-state index contributed by atoms with van der Waals surface area (Å²) >= 11 is 0. The average Bonchev–Trinajstić information content (AvgIpc) is 3.04. The normalized spacial score (nSPS) is 11.0. The number of aromatic nitrogens is 4. The lowest BCUT2D eigenvalue weighted by Gasteiger charge is -2.05. The smallest absolute Gasteiger partial charge is 0.282 e. The summed E-state index contributed by atoms with van der Waals surface area (Å²) in [5.74, 6) is 5.52. The Morgan fingerprint density at radius 3 is 2.35 bits per heavy atom. The summed E-state index contributed by atoms with van der Waals surface area (Å²) in [5, 5.41) is 4.65. The number of nitrogens with two attached hydrogens (primary N) is 1. The third-order valence-corrected chi connectivity index (χ3v) is 3.73. The van der Waals surface area contributed by atoms with Crippen LogP contribution >= 0.6 is 0 Å². The highest BCUT2D eigenvalue weighted by molar-refractivity contribution is 5.75. The largest absolute Gasteiger partial charge is 0.335 e. The number of hydrogen-bond donors (Lipinski definition) is 1. The number of benzene rings is 2. The van der Waals surface area contributed by atoms with E-state index in [4.69, 9.17) is 5.84 Å². The first kappa shape index (κ1) is 13.3. The van der Waals surface area contributed by atoms with Gasteiger partial charge in [0.15, 0.2) is 5.65 Å². The number of nitrogens with zero attached hydrogens (tertiary/aromatic N) is 4. The summed E-state index contributed by atoms with van der Waals surface area (Å²) in [6.45, 7) is 0. The van der Waals surface area contributed by atoms with Crippen LogP contribution in [0.1, 0.15) is 0 Å². The van der Waals surface area contributed by atoms with Crippen LogP contribution < -0.4 is 11.4 Å². The first-order valence-electron chi connectivity index (χ1n) is 7.10. The lowest BCUT2D eigenvalue weighted by Crippen LogP contribution is -2.26. The Morgan fingerprint density at radius 1 is 0.913 bits per heavy atom. The van der Waals surface area contributed by atoms with E-state index < -0.39 is 0 Å². The molecule has 4 rings (SSSR count). The summed E-state index contributed by atoms with van der Waals surface area (Å²) in [5.41, 5.74) is 3.27. The number of rotatable bonds is 2. The van der Waals surface area contributed by atoms with E-state index in [0.717, 1.165) is 21.5 Å². The molecule has 2 heterocycles. The minimum absolute atomic E-state index is 0.317. The highest BCUT2D eigenvalue weighted by Gasteiger charge is 2.10. The summed E-state index contributed by atoms with van der Waals surface area (Å²) < 4.78 is 2.58. The maximum Gasteiger partial charge on any atom is 0.282 e. The molecule has 0 atom stereocenters. The fraction of sp³-hybridized carbons (Fsp3) is 0. The molecule has 23 heavy (non-hydrogen) atoms. The van der Waals surface area contributed by atoms with E-state index in [1.54, 1.807) is 4.68 Å². The molecule has 2 aromatic heterocycles. The van der Waals surface area contributed by atoms with Crippen LogP contribution in [0.4, 0.5) is 0 Å². The average molecular weight is 303 g/mol. The van der Waals surface area contributed by atoms with Crippen molar-refractivity contribution in [3.05, 3.63) is 77.5 Å².